The van der Waals surface area contributed by atoms with Crippen molar-refractivity contribution in [3.05, 3.63) is 24.3 Å². The molecule has 2 aliphatic rings. The standard InChI is InChI=1S/C18H27N3O/c1-14-8-11-21(12-9-14)16-6-4-5-15(13-16)20-18(22)17-7-2-3-10-19-17/h4-6,13-14,17,19H,2-3,7-12H2,1H3,(H,20,22)/t17-/m1/s1. The summed E-state index contributed by atoms with van der Waals surface area (Å²) in [6.45, 7) is 5.50. The Hall–Kier alpha value is -1.55. The van der Waals surface area contributed by atoms with Gasteiger partial charge in [0.2, 0.25) is 5.91 Å². The van der Waals surface area contributed by atoms with Crippen LogP contribution >= 0.6 is 0 Å². The quantitative estimate of drug-likeness (QED) is 0.902. The highest BCUT2D eigenvalue weighted by Crippen LogP contribution is 2.25. The largest absolute Gasteiger partial charge is 0.371 e. The van der Waals surface area contributed by atoms with Crippen LogP contribution in [-0.4, -0.2) is 31.6 Å². The van der Waals surface area contributed by atoms with Crippen molar-refractivity contribution in [1.29, 1.82) is 0 Å². The number of anilines is 2. The van der Waals surface area contributed by atoms with Crippen LogP contribution in [0.2, 0.25) is 0 Å². The van der Waals surface area contributed by atoms with Crippen molar-refractivity contribution in [2.24, 2.45) is 5.92 Å². The second-order valence-electron chi connectivity index (χ2n) is 6.71. The monoisotopic (exact) mass is 301 g/mol. The minimum absolute atomic E-state index is 0.0340. The van der Waals surface area contributed by atoms with Crippen LogP contribution in [0.25, 0.3) is 0 Å². The van der Waals surface area contributed by atoms with Gasteiger partial charge < -0.3 is 15.5 Å². The molecule has 0 aliphatic carbocycles. The maximum Gasteiger partial charge on any atom is 0.241 e. The number of hydrogen-bond donors (Lipinski definition) is 2. The third-order valence-electron chi connectivity index (χ3n) is 4.89. The Morgan fingerprint density at radius 2 is 2.05 bits per heavy atom. The summed E-state index contributed by atoms with van der Waals surface area (Å²) < 4.78 is 0. The summed E-state index contributed by atoms with van der Waals surface area (Å²) in [4.78, 5) is 14.7. The number of amides is 1. The molecule has 0 unspecified atom stereocenters. The number of carbonyl (C=O) groups is 1. The topological polar surface area (TPSA) is 44.4 Å². The third-order valence-corrected chi connectivity index (χ3v) is 4.89. The zero-order valence-electron chi connectivity index (χ0n) is 13.5. The molecule has 0 spiro atoms. The van der Waals surface area contributed by atoms with Crippen LogP contribution in [0.1, 0.15) is 39.0 Å². The van der Waals surface area contributed by atoms with Crippen molar-refractivity contribution in [2.45, 2.75) is 45.1 Å². The van der Waals surface area contributed by atoms with Crippen LogP contribution in [0.3, 0.4) is 0 Å². The summed E-state index contributed by atoms with van der Waals surface area (Å²) in [5.41, 5.74) is 2.13. The maximum atomic E-state index is 12.3. The SMILES string of the molecule is CC1CCN(c2cccc(NC(=O)[C@H]3CCCCN3)c2)CC1. The molecule has 120 valence electrons. The molecule has 2 heterocycles. The maximum absolute atomic E-state index is 12.3. The molecule has 4 nitrogen and oxygen atoms in total. The second-order valence-corrected chi connectivity index (χ2v) is 6.71. The average Bonchev–Trinajstić information content (AvgIpc) is 2.56. The number of benzene rings is 1. The Morgan fingerprint density at radius 3 is 2.77 bits per heavy atom. The first-order chi connectivity index (χ1) is 10.7. The number of nitrogens with zero attached hydrogens (tertiary/aromatic N) is 1. The van der Waals surface area contributed by atoms with Crippen LogP contribution in [0.15, 0.2) is 24.3 Å². The second kappa shape index (κ2) is 7.14. The van der Waals surface area contributed by atoms with Gasteiger partial charge in [-0.3, -0.25) is 4.79 Å². The molecule has 1 aromatic carbocycles. The third kappa shape index (κ3) is 3.80. The van der Waals surface area contributed by atoms with Gasteiger partial charge in [-0.2, -0.15) is 0 Å². The van der Waals surface area contributed by atoms with E-state index in [4.69, 9.17) is 0 Å². The highest BCUT2D eigenvalue weighted by molar-refractivity contribution is 5.95. The smallest absolute Gasteiger partial charge is 0.241 e. The van der Waals surface area contributed by atoms with Gasteiger partial charge in [0.25, 0.3) is 0 Å². The Labute approximate surface area is 133 Å². The molecule has 1 aromatic rings. The summed E-state index contributed by atoms with van der Waals surface area (Å²) in [5, 5.41) is 6.37. The minimum Gasteiger partial charge on any atom is -0.371 e. The molecule has 22 heavy (non-hydrogen) atoms. The van der Waals surface area contributed by atoms with Crippen molar-refractivity contribution in [1.82, 2.24) is 5.32 Å². The molecular weight excluding hydrogens is 274 g/mol. The van der Waals surface area contributed by atoms with Gasteiger partial charge in [0, 0.05) is 24.5 Å². The molecule has 2 fully saturated rings. The Morgan fingerprint density at radius 1 is 1.23 bits per heavy atom. The van der Waals surface area contributed by atoms with Crippen LogP contribution in [0.4, 0.5) is 11.4 Å². The predicted octanol–water partition coefficient (Wildman–Crippen LogP) is 3.00. The van der Waals surface area contributed by atoms with Gasteiger partial charge in [-0.15, -0.1) is 0 Å². The lowest BCUT2D eigenvalue weighted by atomic mass is 9.99. The zero-order chi connectivity index (χ0) is 15.4. The number of hydrogen-bond acceptors (Lipinski definition) is 3. The first-order valence-corrected chi connectivity index (χ1v) is 8.61. The number of piperidine rings is 2. The van der Waals surface area contributed by atoms with E-state index < -0.39 is 0 Å². The van der Waals surface area contributed by atoms with Gasteiger partial charge in [-0.05, 0) is 56.3 Å². The van der Waals surface area contributed by atoms with Crippen LogP contribution < -0.4 is 15.5 Å². The molecule has 0 aromatic heterocycles. The minimum atomic E-state index is -0.0340. The Bertz CT molecular complexity index is 503. The Balaban J connectivity index is 1.62. The van der Waals surface area contributed by atoms with E-state index in [-0.39, 0.29) is 11.9 Å². The van der Waals surface area contributed by atoms with E-state index in [1.54, 1.807) is 0 Å². The van der Waals surface area contributed by atoms with Gasteiger partial charge in [0.15, 0.2) is 0 Å². The molecule has 2 N–H and O–H groups in total. The molecule has 1 atom stereocenters. The van der Waals surface area contributed by atoms with Crippen molar-refractivity contribution in [2.75, 3.05) is 29.9 Å². The van der Waals surface area contributed by atoms with Crippen molar-refractivity contribution < 1.29 is 4.79 Å². The fourth-order valence-corrected chi connectivity index (χ4v) is 3.35. The number of carbonyl (C=O) groups excluding carboxylic acids is 1. The van der Waals surface area contributed by atoms with Crippen LogP contribution in [-0.2, 0) is 4.79 Å². The molecule has 1 amide bonds. The van der Waals surface area contributed by atoms with Gasteiger partial charge >= 0.3 is 0 Å². The molecule has 0 saturated carbocycles. The van der Waals surface area contributed by atoms with Crippen LogP contribution in [0.5, 0.6) is 0 Å². The molecule has 2 aliphatic heterocycles. The lowest BCUT2D eigenvalue weighted by molar-refractivity contribution is -0.118. The van der Waals surface area contributed by atoms with E-state index in [1.165, 1.54) is 24.9 Å². The average molecular weight is 301 g/mol. The van der Waals surface area contributed by atoms with Gasteiger partial charge in [0.1, 0.15) is 0 Å². The molecule has 2 saturated heterocycles. The molecular formula is C18H27N3O. The summed E-state index contributed by atoms with van der Waals surface area (Å²) in [5.74, 6) is 0.931. The van der Waals surface area contributed by atoms with E-state index in [1.807, 2.05) is 12.1 Å². The molecule has 3 rings (SSSR count). The van der Waals surface area contributed by atoms with Crippen molar-refractivity contribution >= 4 is 17.3 Å². The highest BCUT2D eigenvalue weighted by Gasteiger charge is 2.21. The van der Waals surface area contributed by atoms with E-state index in [0.717, 1.165) is 44.1 Å². The summed E-state index contributed by atoms with van der Waals surface area (Å²) in [7, 11) is 0. The predicted molar refractivity (Wildman–Crippen MR) is 91.3 cm³/mol. The fraction of sp³-hybridized carbons (Fsp3) is 0.611. The van der Waals surface area contributed by atoms with Gasteiger partial charge in [-0.25, -0.2) is 0 Å². The molecule has 4 heteroatoms. The van der Waals surface area contributed by atoms with E-state index in [9.17, 15) is 4.79 Å². The summed E-state index contributed by atoms with van der Waals surface area (Å²) >= 11 is 0. The lowest BCUT2D eigenvalue weighted by Gasteiger charge is -2.32. The van der Waals surface area contributed by atoms with Gasteiger partial charge in [0.05, 0.1) is 6.04 Å². The van der Waals surface area contributed by atoms with Crippen molar-refractivity contribution in [3.63, 3.8) is 0 Å². The molecule has 0 radical (unpaired) electrons. The van der Waals surface area contributed by atoms with E-state index in [0.29, 0.717) is 0 Å². The fourth-order valence-electron chi connectivity index (χ4n) is 3.35. The van der Waals surface area contributed by atoms with E-state index in [2.05, 4.69) is 34.6 Å². The van der Waals surface area contributed by atoms with E-state index >= 15 is 0 Å². The first-order valence-electron chi connectivity index (χ1n) is 8.61. The number of nitrogens with one attached hydrogen (secondary N) is 2. The first kappa shape index (κ1) is 15.3. The van der Waals surface area contributed by atoms with Gasteiger partial charge in [-0.1, -0.05) is 19.4 Å². The number of rotatable bonds is 3. The molecule has 0 bridgehead atoms. The lowest BCUT2D eigenvalue weighted by Crippen LogP contribution is -2.43. The normalized spacial score (nSPS) is 23.3. The summed E-state index contributed by atoms with van der Waals surface area (Å²) in [6, 6.07) is 8.24. The van der Waals surface area contributed by atoms with Crippen molar-refractivity contribution in [3.8, 4) is 0 Å². The Kier molecular flexibility index (Phi) is 4.98. The van der Waals surface area contributed by atoms with Crippen LogP contribution in [0, 0.1) is 5.92 Å². The highest BCUT2D eigenvalue weighted by atomic mass is 16.2. The summed E-state index contributed by atoms with van der Waals surface area (Å²) in [6.07, 6.45) is 5.75. The zero-order valence-corrected chi connectivity index (χ0v) is 13.5.